The first-order chi connectivity index (χ1) is 9.71. The maximum atomic E-state index is 12.3. The Balaban J connectivity index is 2.70. The molecule has 2 amide bonds. The first kappa shape index (κ1) is 17.5. The number of hydrogen-bond acceptors (Lipinski definition) is 3. The molecule has 0 aromatic heterocycles. The molecular formula is C15H26N2O4. The van der Waals surface area contributed by atoms with Crippen LogP contribution in [0.1, 0.15) is 47.0 Å². The molecule has 1 aliphatic rings. The molecule has 0 aromatic rings. The van der Waals surface area contributed by atoms with Gasteiger partial charge in [-0.2, -0.15) is 0 Å². The quantitative estimate of drug-likeness (QED) is 0.799. The van der Waals surface area contributed by atoms with Gasteiger partial charge in [0.2, 0.25) is 11.8 Å². The van der Waals surface area contributed by atoms with Crippen LogP contribution < -0.4 is 5.32 Å². The summed E-state index contributed by atoms with van der Waals surface area (Å²) in [5.74, 6) is -1.69. The Morgan fingerprint density at radius 2 is 2.00 bits per heavy atom. The lowest BCUT2D eigenvalue weighted by Gasteiger charge is -2.35. The molecular weight excluding hydrogens is 272 g/mol. The molecule has 120 valence electrons. The molecule has 1 aliphatic heterocycles. The second-order valence-electron chi connectivity index (χ2n) is 6.26. The summed E-state index contributed by atoms with van der Waals surface area (Å²) in [4.78, 5) is 37.3. The molecule has 2 atom stereocenters. The lowest BCUT2D eigenvalue weighted by Crippen LogP contribution is -2.55. The average molecular weight is 298 g/mol. The monoisotopic (exact) mass is 298 g/mol. The molecule has 6 heteroatoms. The summed E-state index contributed by atoms with van der Waals surface area (Å²) in [5, 5.41) is 11.8. The highest BCUT2D eigenvalue weighted by Crippen LogP contribution is 2.20. The largest absolute Gasteiger partial charge is 0.480 e. The molecule has 0 aromatic carbocycles. The van der Waals surface area contributed by atoms with Crippen molar-refractivity contribution in [3.05, 3.63) is 0 Å². The van der Waals surface area contributed by atoms with Gasteiger partial charge in [-0.25, -0.2) is 4.79 Å². The van der Waals surface area contributed by atoms with Crippen molar-refractivity contribution in [2.24, 2.45) is 11.8 Å². The number of carbonyl (C=O) groups is 3. The van der Waals surface area contributed by atoms with Crippen molar-refractivity contribution in [2.45, 2.75) is 52.5 Å². The van der Waals surface area contributed by atoms with Gasteiger partial charge in [-0.1, -0.05) is 20.8 Å². The van der Waals surface area contributed by atoms with E-state index in [0.717, 1.165) is 6.42 Å². The topological polar surface area (TPSA) is 86.7 Å². The van der Waals surface area contributed by atoms with Gasteiger partial charge in [0.15, 0.2) is 0 Å². The van der Waals surface area contributed by atoms with E-state index in [1.807, 2.05) is 13.8 Å². The summed E-state index contributed by atoms with van der Waals surface area (Å²) in [5.41, 5.74) is -1.25. The SMILES string of the molecule is CCC(C)(NC(=O)C1CCCN(C(=O)C(C)C)C1)C(=O)O. The number of rotatable bonds is 5. The van der Waals surface area contributed by atoms with Gasteiger partial charge in [0.1, 0.15) is 5.54 Å². The number of nitrogens with one attached hydrogen (secondary N) is 1. The van der Waals surface area contributed by atoms with Gasteiger partial charge in [-0.15, -0.1) is 0 Å². The highest BCUT2D eigenvalue weighted by atomic mass is 16.4. The second kappa shape index (κ2) is 6.91. The molecule has 1 saturated heterocycles. The maximum absolute atomic E-state index is 12.3. The van der Waals surface area contributed by atoms with Gasteiger partial charge in [0.25, 0.3) is 0 Å². The van der Waals surface area contributed by atoms with E-state index in [-0.39, 0.29) is 23.7 Å². The first-order valence-electron chi connectivity index (χ1n) is 7.55. The van der Waals surface area contributed by atoms with Gasteiger partial charge in [-0.05, 0) is 26.2 Å². The highest BCUT2D eigenvalue weighted by Gasteiger charge is 2.36. The predicted molar refractivity (Wildman–Crippen MR) is 78.6 cm³/mol. The van der Waals surface area contributed by atoms with Crippen LogP contribution in [0.25, 0.3) is 0 Å². The Kier molecular flexibility index (Phi) is 5.75. The van der Waals surface area contributed by atoms with E-state index in [1.54, 1.807) is 11.8 Å². The highest BCUT2D eigenvalue weighted by molar-refractivity contribution is 5.88. The third-order valence-corrected chi connectivity index (χ3v) is 4.18. The lowest BCUT2D eigenvalue weighted by atomic mass is 9.93. The fraction of sp³-hybridized carbons (Fsp3) is 0.800. The summed E-state index contributed by atoms with van der Waals surface area (Å²) >= 11 is 0. The van der Waals surface area contributed by atoms with Crippen molar-refractivity contribution in [3.8, 4) is 0 Å². The lowest BCUT2D eigenvalue weighted by molar-refractivity contribution is -0.148. The van der Waals surface area contributed by atoms with Gasteiger partial charge in [-0.3, -0.25) is 9.59 Å². The van der Waals surface area contributed by atoms with Crippen molar-refractivity contribution in [2.75, 3.05) is 13.1 Å². The van der Waals surface area contributed by atoms with Gasteiger partial charge < -0.3 is 15.3 Å². The fourth-order valence-corrected chi connectivity index (χ4v) is 2.42. The minimum atomic E-state index is -1.25. The number of carboxylic acid groups (broad SMARTS) is 1. The molecule has 0 aliphatic carbocycles. The van der Waals surface area contributed by atoms with E-state index in [2.05, 4.69) is 5.32 Å². The van der Waals surface area contributed by atoms with Crippen LogP contribution in [0.4, 0.5) is 0 Å². The smallest absolute Gasteiger partial charge is 0.329 e. The number of aliphatic carboxylic acids is 1. The minimum absolute atomic E-state index is 0.0454. The van der Waals surface area contributed by atoms with Crippen LogP contribution in [0, 0.1) is 11.8 Å². The predicted octanol–water partition coefficient (Wildman–Crippen LogP) is 1.25. The van der Waals surface area contributed by atoms with Crippen LogP contribution in [0.15, 0.2) is 0 Å². The summed E-state index contributed by atoms with van der Waals surface area (Å²) in [6, 6.07) is 0. The van der Waals surface area contributed by atoms with Crippen LogP contribution in [-0.2, 0) is 14.4 Å². The number of likely N-dealkylation sites (tertiary alicyclic amines) is 1. The molecule has 0 saturated carbocycles. The molecule has 6 nitrogen and oxygen atoms in total. The zero-order valence-electron chi connectivity index (χ0n) is 13.3. The first-order valence-corrected chi connectivity index (χ1v) is 7.55. The van der Waals surface area contributed by atoms with Crippen molar-refractivity contribution in [1.29, 1.82) is 0 Å². The average Bonchev–Trinajstić information content (AvgIpc) is 2.45. The van der Waals surface area contributed by atoms with E-state index in [0.29, 0.717) is 25.9 Å². The Morgan fingerprint density at radius 1 is 1.38 bits per heavy atom. The minimum Gasteiger partial charge on any atom is -0.480 e. The molecule has 2 N–H and O–H groups in total. The van der Waals surface area contributed by atoms with E-state index in [1.165, 1.54) is 6.92 Å². The summed E-state index contributed by atoms with van der Waals surface area (Å²) in [7, 11) is 0. The Labute approximate surface area is 125 Å². The van der Waals surface area contributed by atoms with Gasteiger partial charge >= 0.3 is 5.97 Å². The third kappa shape index (κ3) is 4.19. The van der Waals surface area contributed by atoms with Crippen LogP contribution >= 0.6 is 0 Å². The summed E-state index contributed by atoms with van der Waals surface area (Å²) in [6.07, 6.45) is 1.77. The summed E-state index contributed by atoms with van der Waals surface area (Å²) in [6.45, 7) is 7.96. The maximum Gasteiger partial charge on any atom is 0.329 e. The Morgan fingerprint density at radius 3 is 2.48 bits per heavy atom. The fourth-order valence-electron chi connectivity index (χ4n) is 2.42. The van der Waals surface area contributed by atoms with Gasteiger partial charge in [0.05, 0.1) is 5.92 Å². The number of carboxylic acids is 1. The number of nitrogens with zero attached hydrogens (tertiary/aromatic N) is 1. The molecule has 1 rings (SSSR count). The van der Waals surface area contributed by atoms with E-state index in [4.69, 9.17) is 0 Å². The number of hydrogen-bond donors (Lipinski definition) is 2. The molecule has 1 fully saturated rings. The van der Waals surface area contributed by atoms with Gasteiger partial charge in [0, 0.05) is 19.0 Å². The van der Waals surface area contributed by atoms with Crippen LogP contribution in [0.5, 0.6) is 0 Å². The molecule has 0 spiro atoms. The van der Waals surface area contributed by atoms with E-state index < -0.39 is 11.5 Å². The molecule has 2 unspecified atom stereocenters. The zero-order chi connectivity index (χ0) is 16.2. The molecule has 0 radical (unpaired) electrons. The van der Waals surface area contributed by atoms with Crippen LogP contribution in [0.2, 0.25) is 0 Å². The standard InChI is InChI=1S/C15H26N2O4/c1-5-15(4,14(20)21)16-12(18)11-7-6-8-17(9-11)13(19)10(2)3/h10-11H,5-9H2,1-4H3,(H,16,18)(H,20,21). The molecule has 21 heavy (non-hydrogen) atoms. The Bertz CT molecular complexity index is 422. The van der Waals surface area contributed by atoms with Crippen molar-refractivity contribution >= 4 is 17.8 Å². The van der Waals surface area contributed by atoms with E-state index >= 15 is 0 Å². The second-order valence-corrected chi connectivity index (χ2v) is 6.26. The summed E-state index contributed by atoms with van der Waals surface area (Å²) < 4.78 is 0. The van der Waals surface area contributed by atoms with Crippen molar-refractivity contribution in [3.63, 3.8) is 0 Å². The van der Waals surface area contributed by atoms with E-state index in [9.17, 15) is 19.5 Å². The Hall–Kier alpha value is -1.59. The number of piperidine rings is 1. The molecule has 1 heterocycles. The van der Waals surface area contributed by atoms with Crippen molar-refractivity contribution < 1.29 is 19.5 Å². The van der Waals surface area contributed by atoms with Crippen LogP contribution in [0.3, 0.4) is 0 Å². The third-order valence-electron chi connectivity index (χ3n) is 4.18. The number of amides is 2. The van der Waals surface area contributed by atoms with Crippen LogP contribution in [-0.4, -0.2) is 46.4 Å². The normalized spacial score (nSPS) is 21.8. The molecule has 0 bridgehead atoms. The number of carbonyl (C=O) groups excluding carboxylic acids is 2. The zero-order valence-corrected chi connectivity index (χ0v) is 13.3. The van der Waals surface area contributed by atoms with Crippen molar-refractivity contribution in [1.82, 2.24) is 10.2 Å².